The molecule has 1 aliphatic heterocycles. The number of ether oxygens (including phenoxy) is 1. The minimum absolute atomic E-state index is 0.262. The monoisotopic (exact) mass is 452 g/mol. The Morgan fingerprint density at radius 3 is 2.00 bits per heavy atom. The molecule has 0 N–H and O–H groups in total. The fourth-order valence-corrected chi connectivity index (χ4v) is 5.01. The zero-order chi connectivity index (χ0) is 23.8. The van der Waals surface area contributed by atoms with Crippen LogP contribution in [0.2, 0.25) is 0 Å². The molecule has 4 rings (SSSR count). The molecule has 0 saturated carbocycles. The Morgan fingerprint density at radius 2 is 1.50 bits per heavy atom. The molecule has 1 fully saturated rings. The first-order valence-electron chi connectivity index (χ1n) is 12.2. The molecule has 0 aliphatic carbocycles. The lowest BCUT2D eigenvalue weighted by Gasteiger charge is -2.35. The molecule has 0 aromatic heterocycles. The summed E-state index contributed by atoms with van der Waals surface area (Å²) < 4.78 is 5.09. The summed E-state index contributed by atoms with van der Waals surface area (Å²) in [5.41, 5.74) is 3.35. The van der Waals surface area contributed by atoms with Crippen molar-refractivity contribution >= 4 is 5.97 Å². The molecule has 1 aliphatic rings. The Kier molecular flexibility index (Phi) is 7.77. The van der Waals surface area contributed by atoms with E-state index < -0.39 is 5.41 Å². The number of likely N-dealkylation sites (tertiary alicyclic amines) is 1. The molecule has 0 amide bonds. The maximum atomic E-state index is 11.9. The van der Waals surface area contributed by atoms with Gasteiger partial charge < -0.3 is 9.64 Å². The van der Waals surface area contributed by atoms with Gasteiger partial charge in [0.1, 0.15) is 5.41 Å². The second-order valence-corrected chi connectivity index (χ2v) is 8.96. The highest BCUT2D eigenvalue weighted by atomic mass is 16.5. The van der Waals surface area contributed by atoms with Crippen LogP contribution in [-0.4, -0.2) is 37.1 Å². The average molecular weight is 453 g/mol. The van der Waals surface area contributed by atoms with E-state index in [1.807, 2.05) is 55.5 Å². The predicted molar refractivity (Wildman–Crippen MR) is 135 cm³/mol. The summed E-state index contributed by atoms with van der Waals surface area (Å²) in [6, 6.07) is 30.9. The Bertz CT molecular complexity index is 1060. The molecule has 0 spiro atoms. The summed E-state index contributed by atoms with van der Waals surface area (Å²) in [6.07, 6.45) is 2.92. The number of nitriles is 1. The van der Waals surface area contributed by atoms with Crippen molar-refractivity contribution in [2.45, 2.75) is 37.5 Å². The van der Waals surface area contributed by atoms with E-state index in [2.05, 4.69) is 47.4 Å². The number of nitrogens with zero attached hydrogens (tertiary/aromatic N) is 2. The van der Waals surface area contributed by atoms with Gasteiger partial charge in [0.25, 0.3) is 0 Å². The maximum absolute atomic E-state index is 11.9. The Morgan fingerprint density at radius 1 is 0.941 bits per heavy atom. The lowest BCUT2D eigenvalue weighted by atomic mass is 9.73. The van der Waals surface area contributed by atoms with E-state index in [4.69, 9.17) is 4.74 Å². The van der Waals surface area contributed by atoms with Crippen LogP contribution >= 0.6 is 0 Å². The second kappa shape index (κ2) is 11.1. The first-order chi connectivity index (χ1) is 16.7. The summed E-state index contributed by atoms with van der Waals surface area (Å²) in [7, 11) is 0. The Hall–Kier alpha value is -3.42. The van der Waals surface area contributed by atoms with Crippen molar-refractivity contribution in [3.8, 4) is 6.07 Å². The van der Waals surface area contributed by atoms with Crippen LogP contribution in [0.25, 0.3) is 0 Å². The van der Waals surface area contributed by atoms with E-state index in [1.54, 1.807) is 0 Å². The van der Waals surface area contributed by atoms with Crippen molar-refractivity contribution in [2.75, 3.05) is 26.2 Å². The van der Waals surface area contributed by atoms with Gasteiger partial charge >= 0.3 is 5.97 Å². The molecule has 4 nitrogen and oxygen atoms in total. The van der Waals surface area contributed by atoms with Crippen LogP contribution in [0.15, 0.2) is 84.9 Å². The van der Waals surface area contributed by atoms with Crippen molar-refractivity contribution < 1.29 is 9.53 Å². The van der Waals surface area contributed by atoms with Crippen molar-refractivity contribution in [3.05, 3.63) is 107 Å². The van der Waals surface area contributed by atoms with Crippen LogP contribution in [0.1, 0.15) is 59.2 Å². The van der Waals surface area contributed by atoms with Crippen LogP contribution in [-0.2, 0) is 10.2 Å². The van der Waals surface area contributed by atoms with Gasteiger partial charge in [-0.15, -0.1) is 0 Å². The molecule has 0 unspecified atom stereocenters. The van der Waals surface area contributed by atoms with Gasteiger partial charge in [-0.3, -0.25) is 0 Å². The fraction of sp³-hybridized carbons (Fsp3) is 0.333. The van der Waals surface area contributed by atoms with Crippen molar-refractivity contribution in [2.24, 2.45) is 0 Å². The SMILES string of the molecule is CCOC(=O)c1ccc(C2CCN(CCC(C#N)(c3ccccc3)c3ccccc3)CC2)cc1. The van der Waals surface area contributed by atoms with Gasteiger partial charge in [-0.05, 0) is 74.0 Å². The largest absolute Gasteiger partial charge is 0.462 e. The van der Waals surface area contributed by atoms with Crippen LogP contribution in [0.3, 0.4) is 0 Å². The number of esters is 1. The van der Waals surface area contributed by atoms with Crippen LogP contribution in [0.5, 0.6) is 0 Å². The average Bonchev–Trinajstić information content (AvgIpc) is 2.91. The topological polar surface area (TPSA) is 53.3 Å². The van der Waals surface area contributed by atoms with E-state index in [0.717, 1.165) is 50.0 Å². The van der Waals surface area contributed by atoms with Gasteiger partial charge in [-0.25, -0.2) is 4.79 Å². The Labute approximate surface area is 202 Å². The zero-order valence-electron chi connectivity index (χ0n) is 19.8. The highest BCUT2D eigenvalue weighted by Crippen LogP contribution is 2.36. The van der Waals surface area contributed by atoms with E-state index >= 15 is 0 Å². The summed E-state index contributed by atoms with van der Waals surface area (Å²) in [5, 5.41) is 10.4. The third-order valence-electron chi connectivity index (χ3n) is 7.01. The number of carbonyl (C=O) groups is 1. The third kappa shape index (κ3) is 5.21. The number of hydrogen-bond acceptors (Lipinski definition) is 4. The van der Waals surface area contributed by atoms with Gasteiger partial charge in [-0.1, -0.05) is 72.8 Å². The first-order valence-corrected chi connectivity index (χ1v) is 12.2. The number of benzene rings is 3. The van der Waals surface area contributed by atoms with E-state index in [1.165, 1.54) is 5.56 Å². The molecule has 1 heterocycles. The number of piperidine rings is 1. The molecule has 174 valence electrons. The summed E-state index contributed by atoms with van der Waals surface area (Å²) >= 11 is 0. The van der Waals surface area contributed by atoms with Crippen molar-refractivity contribution in [1.82, 2.24) is 4.90 Å². The quantitative estimate of drug-likeness (QED) is 0.397. The van der Waals surface area contributed by atoms with Crippen LogP contribution < -0.4 is 0 Å². The van der Waals surface area contributed by atoms with E-state index in [0.29, 0.717) is 18.1 Å². The number of carbonyl (C=O) groups excluding carboxylic acids is 1. The molecule has 34 heavy (non-hydrogen) atoms. The summed E-state index contributed by atoms with van der Waals surface area (Å²) in [6.45, 7) is 5.11. The molecular formula is C30H32N2O2. The van der Waals surface area contributed by atoms with E-state index in [-0.39, 0.29) is 5.97 Å². The molecule has 1 saturated heterocycles. The minimum Gasteiger partial charge on any atom is -0.462 e. The zero-order valence-corrected chi connectivity index (χ0v) is 19.8. The molecule has 4 heteroatoms. The predicted octanol–water partition coefficient (Wildman–Crippen LogP) is 5.94. The van der Waals surface area contributed by atoms with Gasteiger partial charge in [0.15, 0.2) is 0 Å². The molecule has 3 aromatic carbocycles. The number of rotatable bonds is 8. The van der Waals surface area contributed by atoms with Crippen LogP contribution in [0, 0.1) is 11.3 Å². The van der Waals surface area contributed by atoms with Gasteiger partial charge in [0, 0.05) is 6.54 Å². The lowest BCUT2D eigenvalue weighted by Crippen LogP contribution is -2.37. The first kappa shape index (κ1) is 23.7. The molecule has 0 radical (unpaired) electrons. The molecule has 0 atom stereocenters. The van der Waals surface area contributed by atoms with Gasteiger partial charge in [0.05, 0.1) is 18.2 Å². The highest BCUT2D eigenvalue weighted by Gasteiger charge is 2.35. The fourth-order valence-electron chi connectivity index (χ4n) is 5.01. The highest BCUT2D eigenvalue weighted by molar-refractivity contribution is 5.89. The smallest absolute Gasteiger partial charge is 0.338 e. The summed E-state index contributed by atoms with van der Waals surface area (Å²) in [4.78, 5) is 14.4. The standard InChI is InChI=1S/C30H32N2O2/c1-2-34-29(33)26-15-13-24(14-16-26)25-17-20-32(21-18-25)22-19-30(23-31,27-9-5-3-6-10-27)28-11-7-4-8-12-28/h3-16,25H,2,17-22H2,1H3. The maximum Gasteiger partial charge on any atom is 0.338 e. The van der Waals surface area contributed by atoms with Gasteiger partial charge in [-0.2, -0.15) is 5.26 Å². The lowest BCUT2D eigenvalue weighted by molar-refractivity contribution is 0.0526. The van der Waals surface area contributed by atoms with Crippen molar-refractivity contribution in [1.29, 1.82) is 5.26 Å². The van der Waals surface area contributed by atoms with E-state index in [9.17, 15) is 10.1 Å². The normalized spacial score (nSPS) is 14.9. The third-order valence-corrected chi connectivity index (χ3v) is 7.01. The second-order valence-electron chi connectivity index (χ2n) is 8.96. The van der Waals surface area contributed by atoms with Crippen LogP contribution in [0.4, 0.5) is 0 Å². The Balaban J connectivity index is 1.40. The molecular weight excluding hydrogens is 420 g/mol. The molecule has 0 bridgehead atoms. The summed E-state index contributed by atoms with van der Waals surface area (Å²) in [5.74, 6) is 0.234. The molecule has 3 aromatic rings. The minimum atomic E-state index is -0.650. The van der Waals surface area contributed by atoms with Crippen molar-refractivity contribution in [3.63, 3.8) is 0 Å². The number of hydrogen-bond donors (Lipinski definition) is 0. The van der Waals surface area contributed by atoms with Gasteiger partial charge in [0.2, 0.25) is 0 Å².